The van der Waals surface area contributed by atoms with Crippen molar-refractivity contribution in [2.75, 3.05) is 6.54 Å². The zero-order valence-electron chi connectivity index (χ0n) is 11.5. The van der Waals surface area contributed by atoms with Gasteiger partial charge in [-0.1, -0.05) is 13.0 Å². The molecule has 0 saturated heterocycles. The molecule has 2 aromatic rings. The summed E-state index contributed by atoms with van der Waals surface area (Å²) in [6.45, 7) is 3.00. The fourth-order valence-corrected chi connectivity index (χ4v) is 2.89. The molecular weight excluding hydrogens is 276 g/mol. The van der Waals surface area contributed by atoms with E-state index in [1.807, 2.05) is 5.38 Å². The predicted molar refractivity (Wildman–Crippen MR) is 80.2 cm³/mol. The highest BCUT2D eigenvalue weighted by Gasteiger charge is 2.13. The van der Waals surface area contributed by atoms with E-state index < -0.39 is 11.6 Å². The summed E-state index contributed by atoms with van der Waals surface area (Å²) in [6.07, 6.45) is 2.47. The molecule has 0 aliphatic carbocycles. The monoisotopic (exact) mass is 295 g/mol. The molecule has 0 amide bonds. The van der Waals surface area contributed by atoms with Gasteiger partial charge in [0, 0.05) is 12.1 Å². The highest BCUT2D eigenvalue weighted by molar-refractivity contribution is 7.07. The van der Waals surface area contributed by atoms with Gasteiger partial charge < -0.3 is 5.32 Å². The van der Waals surface area contributed by atoms with Crippen molar-refractivity contribution in [1.29, 1.82) is 0 Å². The number of rotatable bonds is 7. The van der Waals surface area contributed by atoms with Gasteiger partial charge >= 0.3 is 0 Å². The Kier molecular flexibility index (Phi) is 5.68. The molecule has 1 aromatic carbocycles. The lowest BCUT2D eigenvalue weighted by Crippen LogP contribution is -2.34. The minimum atomic E-state index is -0.526. The molecule has 0 saturated carbocycles. The summed E-state index contributed by atoms with van der Waals surface area (Å²) in [5.41, 5.74) is 1.82. The molecule has 4 heteroatoms. The summed E-state index contributed by atoms with van der Waals surface area (Å²) in [5, 5.41) is 7.60. The molecule has 0 bridgehead atoms. The average molecular weight is 295 g/mol. The Morgan fingerprint density at radius 3 is 2.70 bits per heavy atom. The van der Waals surface area contributed by atoms with E-state index in [0.29, 0.717) is 12.0 Å². The summed E-state index contributed by atoms with van der Waals surface area (Å²) in [5.74, 6) is -0.985. The van der Waals surface area contributed by atoms with E-state index in [1.54, 1.807) is 17.4 Å². The smallest absolute Gasteiger partial charge is 0.129 e. The minimum absolute atomic E-state index is 0.171. The van der Waals surface area contributed by atoms with Gasteiger partial charge in [-0.05, 0) is 59.8 Å². The highest BCUT2D eigenvalue weighted by Crippen LogP contribution is 2.15. The van der Waals surface area contributed by atoms with Gasteiger partial charge in [-0.25, -0.2) is 8.78 Å². The second-order valence-corrected chi connectivity index (χ2v) is 5.71. The van der Waals surface area contributed by atoms with E-state index in [0.717, 1.165) is 25.5 Å². The van der Waals surface area contributed by atoms with Gasteiger partial charge in [0.15, 0.2) is 0 Å². The van der Waals surface area contributed by atoms with Crippen LogP contribution in [0.2, 0.25) is 0 Å². The van der Waals surface area contributed by atoms with Crippen LogP contribution in [0.4, 0.5) is 8.78 Å². The largest absolute Gasteiger partial charge is 0.313 e. The van der Waals surface area contributed by atoms with E-state index in [2.05, 4.69) is 23.7 Å². The molecule has 0 aliphatic heterocycles. The number of halogens is 2. The van der Waals surface area contributed by atoms with E-state index in [1.165, 1.54) is 11.6 Å². The summed E-state index contributed by atoms with van der Waals surface area (Å²) in [4.78, 5) is 0. The first kappa shape index (κ1) is 15.1. The molecule has 1 unspecified atom stereocenters. The number of thiophene rings is 1. The Balaban J connectivity index is 2.06. The molecule has 20 heavy (non-hydrogen) atoms. The molecule has 1 nitrogen and oxygen atoms in total. The Morgan fingerprint density at radius 1 is 1.20 bits per heavy atom. The first-order valence-electron chi connectivity index (χ1n) is 6.87. The first-order chi connectivity index (χ1) is 9.69. The second-order valence-electron chi connectivity index (χ2n) is 4.93. The van der Waals surface area contributed by atoms with Gasteiger partial charge in [-0.2, -0.15) is 11.3 Å². The number of hydrogen-bond donors (Lipinski definition) is 1. The number of nitrogens with one attached hydrogen (secondary N) is 1. The van der Waals surface area contributed by atoms with E-state index in [4.69, 9.17) is 0 Å². The van der Waals surface area contributed by atoms with Crippen LogP contribution in [0.15, 0.2) is 35.0 Å². The maximum absolute atomic E-state index is 13.7. The fraction of sp³-hybridized carbons (Fsp3) is 0.375. The molecule has 1 aromatic heterocycles. The number of hydrogen-bond acceptors (Lipinski definition) is 2. The highest BCUT2D eigenvalue weighted by atomic mass is 32.1. The molecule has 2 rings (SSSR count). The van der Waals surface area contributed by atoms with Crippen molar-refractivity contribution in [1.82, 2.24) is 5.32 Å². The van der Waals surface area contributed by atoms with Crippen molar-refractivity contribution < 1.29 is 8.78 Å². The van der Waals surface area contributed by atoms with Crippen LogP contribution in [0.3, 0.4) is 0 Å². The third-order valence-corrected chi connectivity index (χ3v) is 3.96. The van der Waals surface area contributed by atoms with Crippen molar-refractivity contribution in [3.63, 3.8) is 0 Å². The SMILES string of the molecule is CCCNC(Cc1ccsc1)Cc1ccc(F)cc1F. The first-order valence-corrected chi connectivity index (χ1v) is 7.81. The summed E-state index contributed by atoms with van der Waals surface area (Å²) in [6, 6.07) is 6.08. The fourth-order valence-electron chi connectivity index (χ4n) is 2.21. The van der Waals surface area contributed by atoms with Crippen molar-refractivity contribution in [2.24, 2.45) is 0 Å². The van der Waals surface area contributed by atoms with Crippen molar-refractivity contribution >= 4 is 11.3 Å². The number of benzene rings is 1. The van der Waals surface area contributed by atoms with Crippen molar-refractivity contribution in [3.05, 3.63) is 57.8 Å². The molecule has 1 heterocycles. The minimum Gasteiger partial charge on any atom is -0.313 e. The van der Waals surface area contributed by atoms with Crippen LogP contribution in [-0.4, -0.2) is 12.6 Å². The van der Waals surface area contributed by atoms with Gasteiger partial charge in [0.1, 0.15) is 11.6 Å². The molecule has 1 N–H and O–H groups in total. The third kappa shape index (κ3) is 4.39. The van der Waals surface area contributed by atoms with Gasteiger partial charge in [0.2, 0.25) is 0 Å². The van der Waals surface area contributed by atoms with Gasteiger partial charge in [-0.3, -0.25) is 0 Å². The van der Waals surface area contributed by atoms with Crippen LogP contribution < -0.4 is 5.32 Å². The van der Waals surface area contributed by atoms with Crippen LogP contribution in [0.25, 0.3) is 0 Å². The van der Waals surface area contributed by atoms with Crippen LogP contribution in [-0.2, 0) is 12.8 Å². The standard InChI is InChI=1S/C16H19F2NS/c1-2-6-19-15(8-12-5-7-20-11-12)9-13-3-4-14(17)10-16(13)18/h3-5,7,10-11,15,19H,2,6,8-9H2,1H3. The van der Waals surface area contributed by atoms with E-state index in [9.17, 15) is 8.78 Å². The summed E-state index contributed by atoms with van der Waals surface area (Å²) in [7, 11) is 0. The average Bonchev–Trinajstić information content (AvgIpc) is 2.92. The van der Waals surface area contributed by atoms with Crippen molar-refractivity contribution in [3.8, 4) is 0 Å². The molecular formula is C16H19F2NS. The third-order valence-electron chi connectivity index (χ3n) is 3.23. The molecule has 1 atom stereocenters. The molecule has 0 fully saturated rings. The van der Waals surface area contributed by atoms with Crippen LogP contribution >= 0.6 is 11.3 Å². The predicted octanol–water partition coefficient (Wildman–Crippen LogP) is 4.18. The zero-order valence-corrected chi connectivity index (χ0v) is 12.4. The Hall–Kier alpha value is -1.26. The van der Waals surface area contributed by atoms with Crippen LogP contribution in [0.1, 0.15) is 24.5 Å². The van der Waals surface area contributed by atoms with Gasteiger partial charge in [0.25, 0.3) is 0 Å². The van der Waals surface area contributed by atoms with E-state index in [-0.39, 0.29) is 6.04 Å². The topological polar surface area (TPSA) is 12.0 Å². The lowest BCUT2D eigenvalue weighted by molar-refractivity contribution is 0.490. The lowest BCUT2D eigenvalue weighted by Gasteiger charge is -2.18. The maximum Gasteiger partial charge on any atom is 0.129 e. The van der Waals surface area contributed by atoms with Crippen LogP contribution in [0.5, 0.6) is 0 Å². The van der Waals surface area contributed by atoms with Crippen molar-refractivity contribution in [2.45, 2.75) is 32.2 Å². The Labute approximate surface area is 122 Å². The van der Waals surface area contributed by atoms with Gasteiger partial charge in [0.05, 0.1) is 0 Å². The van der Waals surface area contributed by atoms with Gasteiger partial charge in [-0.15, -0.1) is 0 Å². The van der Waals surface area contributed by atoms with E-state index >= 15 is 0 Å². The Bertz CT molecular complexity index is 525. The molecule has 0 radical (unpaired) electrons. The lowest BCUT2D eigenvalue weighted by atomic mass is 10.00. The normalized spacial score (nSPS) is 12.6. The summed E-state index contributed by atoms with van der Waals surface area (Å²) >= 11 is 1.67. The zero-order chi connectivity index (χ0) is 14.4. The summed E-state index contributed by atoms with van der Waals surface area (Å²) < 4.78 is 26.7. The molecule has 0 spiro atoms. The Morgan fingerprint density at radius 2 is 2.05 bits per heavy atom. The quantitative estimate of drug-likeness (QED) is 0.808. The molecule has 0 aliphatic rings. The maximum atomic E-state index is 13.7. The van der Waals surface area contributed by atoms with Crippen LogP contribution in [0, 0.1) is 11.6 Å². The second kappa shape index (κ2) is 7.50. The molecule has 108 valence electrons.